The van der Waals surface area contributed by atoms with E-state index in [0.29, 0.717) is 12.1 Å². The van der Waals surface area contributed by atoms with Crippen LogP contribution in [0.2, 0.25) is 0 Å². The van der Waals surface area contributed by atoms with Crippen LogP contribution in [0.5, 0.6) is 5.88 Å². The van der Waals surface area contributed by atoms with Gasteiger partial charge in [-0.1, -0.05) is 0 Å². The van der Waals surface area contributed by atoms with Crippen LogP contribution in [0, 0.1) is 0 Å². The number of pyridine rings is 1. The quantitative estimate of drug-likeness (QED) is 0.723. The van der Waals surface area contributed by atoms with Crippen molar-refractivity contribution < 1.29 is 18.3 Å². The molecular formula is C7H6F2N2O2. The highest BCUT2D eigenvalue weighted by Crippen LogP contribution is 2.12. The first kappa shape index (κ1) is 9.37. The summed E-state index contributed by atoms with van der Waals surface area (Å²) in [5.41, 5.74) is 0.414. The van der Waals surface area contributed by atoms with Crippen LogP contribution in [0.4, 0.5) is 14.5 Å². The SMILES string of the molecule is O=CNc1ccc(OC(F)F)nc1. The number of aromatic nitrogens is 1. The number of anilines is 1. The summed E-state index contributed by atoms with van der Waals surface area (Å²) < 4.78 is 27.3. The third kappa shape index (κ3) is 3.02. The molecular weight excluding hydrogens is 182 g/mol. The van der Waals surface area contributed by atoms with Crippen LogP contribution in [-0.4, -0.2) is 18.0 Å². The predicted octanol–water partition coefficient (Wildman–Crippen LogP) is 1.25. The Morgan fingerprint density at radius 3 is 2.77 bits per heavy atom. The molecule has 0 radical (unpaired) electrons. The van der Waals surface area contributed by atoms with E-state index in [0.717, 1.165) is 0 Å². The second-order valence-corrected chi connectivity index (χ2v) is 2.03. The minimum Gasteiger partial charge on any atom is -0.417 e. The number of carbonyl (C=O) groups excluding carboxylic acids is 1. The predicted molar refractivity (Wildman–Crippen MR) is 40.6 cm³/mol. The molecule has 0 saturated carbocycles. The monoisotopic (exact) mass is 188 g/mol. The van der Waals surface area contributed by atoms with Gasteiger partial charge in [-0.3, -0.25) is 4.79 Å². The lowest BCUT2D eigenvalue weighted by Gasteiger charge is -2.03. The smallest absolute Gasteiger partial charge is 0.388 e. The van der Waals surface area contributed by atoms with E-state index in [9.17, 15) is 13.6 Å². The lowest BCUT2D eigenvalue weighted by atomic mass is 10.4. The maximum Gasteiger partial charge on any atom is 0.388 e. The minimum absolute atomic E-state index is 0.188. The summed E-state index contributed by atoms with van der Waals surface area (Å²) in [6.45, 7) is -2.89. The van der Waals surface area contributed by atoms with Gasteiger partial charge >= 0.3 is 6.61 Å². The molecule has 0 aliphatic carbocycles. The zero-order valence-corrected chi connectivity index (χ0v) is 6.41. The second kappa shape index (κ2) is 4.34. The van der Waals surface area contributed by atoms with E-state index < -0.39 is 6.61 Å². The molecule has 0 unspecified atom stereocenters. The van der Waals surface area contributed by atoms with Crippen molar-refractivity contribution in [1.29, 1.82) is 0 Å². The number of hydrogen-bond acceptors (Lipinski definition) is 3. The Kier molecular flexibility index (Phi) is 3.13. The summed E-state index contributed by atoms with van der Waals surface area (Å²) in [6, 6.07) is 2.64. The molecule has 0 bridgehead atoms. The van der Waals surface area contributed by atoms with Gasteiger partial charge < -0.3 is 10.1 Å². The zero-order valence-electron chi connectivity index (χ0n) is 6.41. The largest absolute Gasteiger partial charge is 0.417 e. The van der Waals surface area contributed by atoms with Gasteiger partial charge in [0.15, 0.2) is 0 Å². The molecule has 4 nitrogen and oxygen atoms in total. The van der Waals surface area contributed by atoms with Crippen molar-refractivity contribution in [3.8, 4) is 5.88 Å². The molecule has 0 saturated heterocycles. The fourth-order valence-electron chi connectivity index (χ4n) is 0.695. The summed E-state index contributed by atoms with van der Waals surface area (Å²) in [5, 5.41) is 2.30. The van der Waals surface area contributed by atoms with E-state index in [-0.39, 0.29) is 5.88 Å². The van der Waals surface area contributed by atoms with Gasteiger partial charge in [0, 0.05) is 6.07 Å². The number of halogens is 2. The van der Waals surface area contributed by atoms with Gasteiger partial charge in [0.05, 0.1) is 11.9 Å². The molecule has 13 heavy (non-hydrogen) atoms. The van der Waals surface area contributed by atoms with Gasteiger partial charge in [-0.2, -0.15) is 8.78 Å². The highest BCUT2D eigenvalue weighted by Gasteiger charge is 2.04. The van der Waals surface area contributed by atoms with Gasteiger partial charge in [-0.25, -0.2) is 4.98 Å². The van der Waals surface area contributed by atoms with E-state index in [1.807, 2.05) is 0 Å². The van der Waals surface area contributed by atoms with Crippen LogP contribution in [0.25, 0.3) is 0 Å². The molecule has 1 amide bonds. The molecule has 1 N–H and O–H groups in total. The third-order valence-corrected chi connectivity index (χ3v) is 1.17. The molecule has 0 fully saturated rings. The Bertz CT molecular complexity index is 276. The van der Waals surface area contributed by atoms with Gasteiger partial charge in [-0.15, -0.1) is 0 Å². The maximum atomic E-state index is 11.6. The van der Waals surface area contributed by atoms with E-state index in [4.69, 9.17) is 0 Å². The Hall–Kier alpha value is -1.72. The second-order valence-electron chi connectivity index (χ2n) is 2.03. The number of nitrogens with zero attached hydrogens (tertiary/aromatic N) is 1. The average Bonchev–Trinajstić information content (AvgIpc) is 2.08. The van der Waals surface area contributed by atoms with Crippen LogP contribution in [0.3, 0.4) is 0 Å². The van der Waals surface area contributed by atoms with E-state index in [2.05, 4.69) is 15.0 Å². The normalized spacial score (nSPS) is 9.77. The fraction of sp³-hybridized carbons (Fsp3) is 0.143. The Morgan fingerprint density at radius 2 is 2.31 bits per heavy atom. The highest BCUT2D eigenvalue weighted by atomic mass is 19.3. The van der Waals surface area contributed by atoms with Gasteiger partial charge in [0.2, 0.25) is 12.3 Å². The van der Waals surface area contributed by atoms with E-state index in [1.165, 1.54) is 18.3 Å². The Labute approximate surface area is 72.5 Å². The minimum atomic E-state index is -2.89. The molecule has 0 aliphatic rings. The average molecular weight is 188 g/mol. The van der Waals surface area contributed by atoms with Crippen molar-refractivity contribution in [3.05, 3.63) is 18.3 Å². The van der Waals surface area contributed by atoms with Crippen molar-refractivity contribution in [2.24, 2.45) is 0 Å². The third-order valence-electron chi connectivity index (χ3n) is 1.17. The maximum absolute atomic E-state index is 11.6. The molecule has 1 aromatic heterocycles. The van der Waals surface area contributed by atoms with Crippen LogP contribution in [-0.2, 0) is 4.79 Å². The van der Waals surface area contributed by atoms with Crippen LogP contribution in [0.15, 0.2) is 18.3 Å². The summed E-state index contributed by atoms with van der Waals surface area (Å²) in [6.07, 6.45) is 1.68. The van der Waals surface area contributed by atoms with Gasteiger partial charge in [0.1, 0.15) is 0 Å². The molecule has 1 rings (SSSR count). The summed E-state index contributed by atoms with van der Waals surface area (Å²) in [7, 11) is 0. The summed E-state index contributed by atoms with van der Waals surface area (Å²) in [4.78, 5) is 13.5. The van der Waals surface area contributed by atoms with Crippen molar-refractivity contribution >= 4 is 12.1 Å². The molecule has 0 spiro atoms. The topological polar surface area (TPSA) is 51.2 Å². The van der Waals surface area contributed by atoms with Crippen molar-refractivity contribution in [1.82, 2.24) is 4.98 Å². The van der Waals surface area contributed by atoms with Crippen LogP contribution >= 0.6 is 0 Å². The number of alkyl halides is 2. The number of amides is 1. The molecule has 0 atom stereocenters. The first-order valence-electron chi connectivity index (χ1n) is 3.33. The standard InChI is InChI=1S/C7H6F2N2O2/c8-7(9)13-6-2-1-5(3-10-6)11-4-12/h1-4,7H,(H,11,12). The number of ether oxygens (including phenoxy) is 1. The lowest BCUT2D eigenvalue weighted by molar-refractivity contribution is -0.105. The lowest BCUT2D eigenvalue weighted by Crippen LogP contribution is -2.03. The van der Waals surface area contributed by atoms with Crippen LogP contribution < -0.4 is 10.1 Å². The summed E-state index contributed by atoms with van der Waals surface area (Å²) >= 11 is 0. The van der Waals surface area contributed by atoms with E-state index >= 15 is 0 Å². The van der Waals surface area contributed by atoms with Crippen molar-refractivity contribution in [3.63, 3.8) is 0 Å². The Balaban J connectivity index is 2.63. The van der Waals surface area contributed by atoms with Crippen LogP contribution in [0.1, 0.15) is 0 Å². The summed E-state index contributed by atoms with van der Waals surface area (Å²) in [5.74, 6) is -0.188. The Morgan fingerprint density at radius 1 is 1.54 bits per heavy atom. The van der Waals surface area contributed by atoms with E-state index in [1.54, 1.807) is 0 Å². The molecule has 1 heterocycles. The first-order valence-corrected chi connectivity index (χ1v) is 3.33. The molecule has 1 aromatic rings. The molecule has 70 valence electrons. The zero-order chi connectivity index (χ0) is 9.68. The van der Waals surface area contributed by atoms with Gasteiger partial charge in [0.25, 0.3) is 0 Å². The number of carbonyl (C=O) groups is 1. The highest BCUT2D eigenvalue weighted by molar-refractivity contribution is 5.70. The van der Waals surface area contributed by atoms with Crippen molar-refractivity contribution in [2.75, 3.05) is 5.32 Å². The molecule has 0 aliphatic heterocycles. The number of rotatable bonds is 4. The number of hydrogen-bond donors (Lipinski definition) is 1. The molecule has 0 aromatic carbocycles. The fourth-order valence-corrected chi connectivity index (χ4v) is 0.695. The molecule has 6 heteroatoms. The first-order chi connectivity index (χ1) is 6.22. The van der Waals surface area contributed by atoms with Crippen molar-refractivity contribution in [2.45, 2.75) is 6.61 Å². The van der Waals surface area contributed by atoms with Gasteiger partial charge in [-0.05, 0) is 6.07 Å². The number of nitrogens with one attached hydrogen (secondary N) is 1.